The SMILES string of the molecule is CC(C)(C)c1cc([NH2+]O)ccc1Cl. The fourth-order valence-corrected chi connectivity index (χ4v) is 1.60. The fraction of sp³-hybridized carbons (Fsp3) is 0.400. The molecular formula is C10H15ClNO+. The molecular weight excluding hydrogens is 186 g/mol. The Balaban J connectivity index is 3.19. The lowest BCUT2D eigenvalue weighted by Crippen LogP contribution is -2.73. The van der Waals surface area contributed by atoms with E-state index < -0.39 is 0 Å². The predicted molar refractivity (Wildman–Crippen MR) is 53.5 cm³/mol. The van der Waals surface area contributed by atoms with Crippen LogP contribution in [0.4, 0.5) is 5.69 Å². The Morgan fingerprint density at radius 3 is 2.38 bits per heavy atom. The summed E-state index contributed by atoms with van der Waals surface area (Å²) in [4.78, 5) is 0. The Morgan fingerprint density at radius 1 is 1.31 bits per heavy atom. The summed E-state index contributed by atoms with van der Waals surface area (Å²) in [6.45, 7) is 6.28. The lowest BCUT2D eigenvalue weighted by atomic mass is 9.87. The molecule has 0 amide bonds. The van der Waals surface area contributed by atoms with E-state index in [1.54, 1.807) is 6.07 Å². The Kier molecular flexibility index (Phi) is 2.96. The zero-order valence-electron chi connectivity index (χ0n) is 8.13. The Labute approximate surface area is 83.5 Å². The molecule has 1 aromatic rings. The van der Waals surface area contributed by atoms with Gasteiger partial charge in [-0.05, 0) is 17.0 Å². The Hall–Kier alpha value is -0.570. The zero-order chi connectivity index (χ0) is 10.1. The molecule has 0 heterocycles. The number of halogens is 1. The van der Waals surface area contributed by atoms with Gasteiger partial charge in [0.05, 0.1) is 0 Å². The van der Waals surface area contributed by atoms with Crippen molar-refractivity contribution in [2.75, 3.05) is 0 Å². The molecule has 0 fully saturated rings. The van der Waals surface area contributed by atoms with Crippen molar-refractivity contribution in [1.29, 1.82) is 0 Å². The van der Waals surface area contributed by atoms with E-state index in [2.05, 4.69) is 20.8 Å². The number of nitrogens with two attached hydrogens (primary N) is 1. The van der Waals surface area contributed by atoms with Crippen molar-refractivity contribution in [3.8, 4) is 0 Å². The molecule has 0 aliphatic heterocycles. The van der Waals surface area contributed by atoms with E-state index in [0.717, 1.165) is 21.8 Å². The molecule has 1 aromatic carbocycles. The van der Waals surface area contributed by atoms with E-state index >= 15 is 0 Å². The lowest BCUT2D eigenvalue weighted by molar-refractivity contribution is -0.825. The highest BCUT2D eigenvalue weighted by atomic mass is 35.5. The normalized spacial score (nSPS) is 11.8. The standard InChI is InChI=1S/C10H14ClNO/c1-10(2,3)8-6-7(12-13)4-5-9(8)11/h4-6,12-13H,1-3H3/p+1. The third-order valence-electron chi connectivity index (χ3n) is 1.95. The van der Waals surface area contributed by atoms with Crippen molar-refractivity contribution in [2.45, 2.75) is 26.2 Å². The van der Waals surface area contributed by atoms with Crippen LogP contribution in [0.2, 0.25) is 5.02 Å². The van der Waals surface area contributed by atoms with E-state index in [0.29, 0.717) is 0 Å². The summed E-state index contributed by atoms with van der Waals surface area (Å²) in [6, 6.07) is 5.50. The van der Waals surface area contributed by atoms with Crippen LogP contribution < -0.4 is 5.48 Å². The lowest BCUT2D eigenvalue weighted by Gasteiger charge is -2.20. The van der Waals surface area contributed by atoms with Gasteiger partial charge < -0.3 is 0 Å². The highest BCUT2D eigenvalue weighted by Gasteiger charge is 2.18. The summed E-state index contributed by atoms with van der Waals surface area (Å²) in [5.41, 5.74) is 2.94. The first-order valence-electron chi connectivity index (χ1n) is 4.22. The van der Waals surface area contributed by atoms with Crippen LogP contribution in [-0.2, 0) is 5.41 Å². The van der Waals surface area contributed by atoms with Gasteiger partial charge in [-0.3, -0.25) is 0 Å². The molecule has 3 N–H and O–H groups in total. The monoisotopic (exact) mass is 200 g/mol. The summed E-state index contributed by atoms with van der Waals surface area (Å²) in [5, 5.41) is 9.60. The number of hydrogen-bond donors (Lipinski definition) is 2. The van der Waals surface area contributed by atoms with Gasteiger partial charge >= 0.3 is 0 Å². The van der Waals surface area contributed by atoms with Gasteiger partial charge in [0.15, 0.2) is 5.69 Å². The van der Waals surface area contributed by atoms with Crippen molar-refractivity contribution in [3.63, 3.8) is 0 Å². The van der Waals surface area contributed by atoms with Crippen molar-refractivity contribution < 1.29 is 10.7 Å². The molecule has 0 spiro atoms. The minimum Gasteiger partial charge on any atom is -0.215 e. The molecule has 0 bridgehead atoms. The largest absolute Gasteiger partial charge is 0.215 e. The van der Waals surface area contributed by atoms with Crippen LogP contribution >= 0.6 is 11.6 Å². The fourth-order valence-electron chi connectivity index (χ4n) is 1.20. The number of rotatable bonds is 1. The van der Waals surface area contributed by atoms with Crippen LogP contribution in [0.5, 0.6) is 0 Å². The molecule has 13 heavy (non-hydrogen) atoms. The predicted octanol–water partition coefficient (Wildman–Crippen LogP) is 2.22. The molecule has 0 aromatic heterocycles. The maximum absolute atomic E-state index is 8.85. The van der Waals surface area contributed by atoms with E-state index in [1.807, 2.05) is 12.1 Å². The maximum Gasteiger partial charge on any atom is 0.162 e. The number of benzene rings is 1. The molecule has 2 nitrogen and oxygen atoms in total. The molecule has 0 atom stereocenters. The van der Waals surface area contributed by atoms with Gasteiger partial charge in [-0.25, -0.2) is 5.21 Å². The molecule has 0 aliphatic carbocycles. The first kappa shape index (κ1) is 10.5. The molecule has 0 saturated carbocycles. The summed E-state index contributed by atoms with van der Waals surface area (Å²) in [6.07, 6.45) is 0. The van der Waals surface area contributed by atoms with Crippen LogP contribution in [-0.4, -0.2) is 5.21 Å². The highest BCUT2D eigenvalue weighted by molar-refractivity contribution is 6.31. The van der Waals surface area contributed by atoms with Crippen molar-refractivity contribution in [2.24, 2.45) is 0 Å². The van der Waals surface area contributed by atoms with Gasteiger partial charge in [0, 0.05) is 17.2 Å². The molecule has 0 aliphatic rings. The topological polar surface area (TPSA) is 36.8 Å². The van der Waals surface area contributed by atoms with E-state index in [1.165, 1.54) is 0 Å². The van der Waals surface area contributed by atoms with Crippen LogP contribution in [0, 0.1) is 0 Å². The zero-order valence-corrected chi connectivity index (χ0v) is 8.89. The summed E-state index contributed by atoms with van der Waals surface area (Å²) >= 11 is 6.04. The van der Waals surface area contributed by atoms with Gasteiger partial charge in [0.25, 0.3) is 0 Å². The minimum absolute atomic E-state index is 0.0100. The van der Waals surface area contributed by atoms with Gasteiger partial charge in [0.2, 0.25) is 0 Å². The number of hydrogen-bond acceptors (Lipinski definition) is 1. The van der Waals surface area contributed by atoms with E-state index in [4.69, 9.17) is 16.8 Å². The summed E-state index contributed by atoms with van der Waals surface area (Å²) in [5.74, 6) is 0. The molecule has 0 radical (unpaired) electrons. The van der Waals surface area contributed by atoms with Gasteiger partial charge in [-0.2, -0.15) is 5.48 Å². The van der Waals surface area contributed by atoms with Gasteiger partial charge in [0.1, 0.15) is 0 Å². The van der Waals surface area contributed by atoms with Crippen LogP contribution in [0.1, 0.15) is 26.3 Å². The average molecular weight is 201 g/mol. The van der Waals surface area contributed by atoms with Crippen LogP contribution in [0.3, 0.4) is 0 Å². The first-order chi connectivity index (χ1) is 5.95. The average Bonchev–Trinajstić information content (AvgIpc) is 2.03. The highest BCUT2D eigenvalue weighted by Crippen LogP contribution is 2.30. The molecule has 0 saturated heterocycles. The smallest absolute Gasteiger partial charge is 0.162 e. The first-order valence-corrected chi connectivity index (χ1v) is 4.60. The van der Waals surface area contributed by atoms with Crippen LogP contribution in [0.25, 0.3) is 0 Å². The van der Waals surface area contributed by atoms with Crippen molar-refractivity contribution in [1.82, 2.24) is 0 Å². The third kappa shape index (κ3) is 2.44. The minimum atomic E-state index is 0.0100. The quantitative estimate of drug-likeness (QED) is 0.530. The second-order valence-electron chi connectivity index (χ2n) is 4.12. The Bertz CT molecular complexity index is 304. The second kappa shape index (κ2) is 3.66. The van der Waals surface area contributed by atoms with E-state index in [-0.39, 0.29) is 5.41 Å². The molecule has 3 heteroatoms. The Morgan fingerprint density at radius 2 is 1.92 bits per heavy atom. The molecule has 1 rings (SSSR count). The van der Waals surface area contributed by atoms with Crippen molar-refractivity contribution in [3.05, 3.63) is 28.8 Å². The van der Waals surface area contributed by atoms with Crippen molar-refractivity contribution >= 4 is 17.3 Å². The van der Waals surface area contributed by atoms with E-state index in [9.17, 15) is 0 Å². The maximum atomic E-state index is 8.85. The molecule has 72 valence electrons. The van der Waals surface area contributed by atoms with Gasteiger partial charge in [-0.15, -0.1) is 0 Å². The second-order valence-corrected chi connectivity index (χ2v) is 4.53. The number of quaternary nitrogens is 1. The molecule has 0 unspecified atom stereocenters. The third-order valence-corrected chi connectivity index (χ3v) is 2.28. The van der Waals surface area contributed by atoms with Crippen LogP contribution in [0.15, 0.2) is 18.2 Å². The summed E-state index contributed by atoms with van der Waals surface area (Å²) < 4.78 is 0. The summed E-state index contributed by atoms with van der Waals surface area (Å²) in [7, 11) is 0. The van der Waals surface area contributed by atoms with Gasteiger partial charge in [-0.1, -0.05) is 32.4 Å².